The van der Waals surface area contributed by atoms with Crippen LogP contribution in [0.15, 0.2) is 24.3 Å². The van der Waals surface area contributed by atoms with Crippen molar-refractivity contribution in [3.8, 4) is 0 Å². The summed E-state index contributed by atoms with van der Waals surface area (Å²) in [7, 11) is 0. The molecule has 0 aliphatic carbocycles. The van der Waals surface area contributed by atoms with Crippen LogP contribution in [-0.4, -0.2) is 40.8 Å². The first-order chi connectivity index (χ1) is 9.78. The molecule has 2 rings (SSSR count). The third kappa shape index (κ3) is 3.05. The van der Waals surface area contributed by atoms with Crippen LogP contribution in [0, 0.1) is 0 Å². The van der Waals surface area contributed by atoms with E-state index in [-0.39, 0.29) is 19.0 Å². The molecule has 21 heavy (non-hydrogen) atoms. The van der Waals surface area contributed by atoms with Crippen molar-refractivity contribution < 1.29 is 23.1 Å². The number of likely N-dealkylation sites (tertiary alicyclic amines) is 1. The lowest BCUT2D eigenvalue weighted by Crippen LogP contribution is -2.54. The third-order valence-electron chi connectivity index (χ3n) is 4.03. The number of rotatable bonds is 2. The number of aryl methyl sites for hydroxylation is 1. The summed E-state index contributed by atoms with van der Waals surface area (Å²) in [5, 5.41) is 9.62. The number of hydrogen-bond acceptors (Lipinski definition) is 2. The van der Waals surface area contributed by atoms with Gasteiger partial charge in [0.25, 0.3) is 5.91 Å². The van der Waals surface area contributed by atoms with Gasteiger partial charge in [-0.3, -0.25) is 4.79 Å². The van der Waals surface area contributed by atoms with Crippen molar-refractivity contribution in [3.63, 3.8) is 0 Å². The summed E-state index contributed by atoms with van der Waals surface area (Å²) in [4.78, 5) is 13.8. The number of hydrogen-bond donors (Lipinski definition) is 1. The minimum atomic E-state index is -4.65. The Morgan fingerprint density at radius 1 is 1.29 bits per heavy atom. The van der Waals surface area contributed by atoms with Gasteiger partial charge in [-0.1, -0.05) is 25.1 Å². The highest BCUT2D eigenvalue weighted by molar-refractivity contribution is 5.95. The van der Waals surface area contributed by atoms with Gasteiger partial charge < -0.3 is 10.0 Å². The SMILES string of the molecule is CCc1ccccc1C(=O)N1CCC(O)(C(F)(F)F)CC1. The Morgan fingerprint density at radius 2 is 1.86 bits per heavy atom. The summed E-state index contributed by atoms with van der Waals surface area (Å²) in [5.74, 6) is -0.267. The van der Waals surface area contributed by atoms with E-state index in [4.69, 9.17) is 0 Å². The zero-order chi connectivity index (χ0) is 15.7. The summed E-state index contributed by atoms with van der Waals surface area (Å²) in [6.45, 7) is 1.74. The van der Waals surface area contributed by atoms with Crippen LogP contribution in [0.2, 0.25) is 0 Å². The van der Waals surface area contributed by atoms with Gasteiger partial charge in [-0.2, -0.15) is 13.2 Å². The summed E-state index contributed by atoms with van der Waals surface area (Å²) in [5.41, 5.74) is -1.27. The van der Waals surface area contributed by atoms with Gasteiger partial charge >= 0.3 is 6.18 Å². The monoisotopic (exact) mass is 301 g/mol. The quantitative estimate of drug-likeness (QED) is 0.912. The summed E-state index contributed by atoms with van der Waals surface area (Å²) >= 11 is 0. The van der Waals surface area contributed by atoms with Crippen LogP contribution in [0.25, 0.3) is 0 Å². The zero-order valence-electron chi connectivity index (χ0n) is 11.8. The second-order valence-electron chi connectivity index (χ2n) is 5.33. The molecule has 1 N–H and O–H groups in total. The van der Waals surface area contributed by atoms with Crippen molar-refractivity contribution in [2.45, 2.75) is 38.0 Å². The molecule has 0 atom stereocenters. The van der Waals surface area contributed by atoms with Gasteiger partial charge in [-0.05, 0) is 18.1 Å². The lowest BCUT2D eigenvalue weighted by atomic mass is 9.90. The van der Waals surface area contributed by atoms with Crippen LogP contribution in [0.1, 0.15) is 35.7 Å². The highest BCUT2D eigenvalue weighted by Gasteiger charge is 2.54. The molecule has 0 unspecified atom stereocenters. The number of amides is 1. The van der Waals surface area contributed by atoms with Gasteiger partial charge in [0.15, 0.2) is 5.60 Å². The van der Waals surface area contributed by atoms with Gasteiger partial charge in [0, 0.05) is 31.5 Å². The molecule has 0 spiro atoms. The Bertz CT molecular complexity index is 520. The van der Waals surface area contributed by atoms with Crippen molar-refractivity contribution in [2.75, 3.05) is 13.1 Å². The Morgan fingerprint density at radius 3 is 2.38 bits per heavy atom. The van der Waals surface area contributed by atoms with E-state index in [0.29, 0.717) is 12.0 Å². The van der Waals surface area contributed by atoms with Crippen LogP contribution in [-0.2, 0) is 6.42 Å². The highest BCUT2D eigenvalue weighted by Crippen LogP contribution is 2.38. The number of alkyl halides is 3. The van der Waals surface area contributed by atoms with Crippen molar-refractivity contribution in [1.82, 2.24) is 4.90 Å². The Kier molecular flexibility index (Phi) is 4.27. The molecule has 6 heteroatoms. The van der Waals surface area contributed by atoms with E-state index in [9.17, 15) is 23.1 Å². The number of aliphatic hydroxyl groups is 1. The van der Waals surface area contributed by atoms with E-state index >= 15 is 0 Å². The fourth-order valence-corrected chi connectivity index (χ4v) is 2.57. The smallest absolute Gasteiger partial charge is 0.380 e. The molecule has 0 bridgehead atoms. The first-order valence-corrected chi connectivity index (χ1v) is 6.95. The van der Waals surface area contributed by atoms with E-state index in [1.54, 1.807) is 12.1 Å². The maximum absolute atomic E-state index is 12.7. The maximum Gasteiger partial charge on any atom is 0.417 e. The fourth-order valence-electron chi connectivity index (χ4n) is 2.57. The summed E-state index contributed by atoms with van der Waals surface area (Å²) in [6.07, 6.45) is -4.92. The Balaban J connectivity index is 2.11. The molecule has 1 heterocycles. The van der Waals surface area contributed by atoms with Crippen molar-refractivity contribution in [1.29, 1.82) is 0 Å². The summed E-state index contributed by atoms with van der Waals surface area (Å²) < 4.78 is 38.2. The van der Waals surface area contributed by atoms with Gasteiger partial charge in [0.1, 0.15) is 0 Å². The minimum Gasteiger partial charge on any atom is -0.380 e. The lowest BCUT2D eigenvalue weighted by molar-refractivity contribution is -0.271. The molecule has 0 radical (unpaired) electrons. The first-order valence-electron chi connectivity index (χ1n) is 6.95. The molecule has 0 aromatic heterocycles. The fraction of sp³-hybridized carbons (Fsp3) is 0.533. The molecule has 1 fully saturated rings. The molecule has 1 saturated heterocycles. The third-order valence-corrected chi connectivity index (χ3v) is 4.03. The molecule has 0 saturated carbocycles. The molecule has 1 amide bonds. The maximum atomic E-state index is 12.7. The predicted molar refractivity (Wildman–Crippen MR) is 72.0 cm³/mol. The molecular formula is C15H18F3NO2. The van der Waals surface area contributed by atoms with E-state index in [1.807, 2.05) is 19.1 Å². The van der Waals surface area contributed by atoms with E-state index in [2.05, 4.69) is 0 Å². The average Bonchev–Trinajstić information content (AvgIpc) is 2.46. The van der Waals surface area contributed by atoms with Crippen LogP contribution >= 0.6 is 0 Å². The Hall–Kier alpha value is -1.56. The van der Waals surface area contributed by atoms with Crippen molar-refractivity contribution >= 4 is 5.91 Å². The number of nitrogens with zero attached hydrogens (tertiary/aromatic N) is 1. The predicted octanol–water partition coefficient (Wildman–Crippen LogP) is 2.78. The minimum absolute atomic E-state index is 0.0904. The number of benzene rings is 1. The van der Waals surface area contributed by atoms with Gasteiger partial charge in [-0.25, -0.2) is 0 Å². The molecule has 1 aromatic carbocycles. The van der Waals surface area contributed by atoms with E-state index in [0.717, 1.165) is 5.56 Å². The molecule has 1 aromatic rings. The first kappa shape index (κ1) is 15.8. The standard InChI is InChI=1S/C15H18F3NO2/c1-2-11-5-3-4-6-12(11)13(20)19-9-7-14(21,8-10-19)15(16,17)18/h3-6,21H,2,7-10H2,1H3. The number of carbonyl (C=O) groups excluding carboxylic acids is 1. The molecule has 116 valence electrons. The van der Waals surface area contributed by atoms with Crippen molar-refractivity contribution in [2.24, 2.45) is 0 Å². The van der Waals surface area contributed by atoms with Crippen molar-refractivity contribution in [3.05, 3.63) is 35.4 Å². The van der Waals surface area contributed by atoms with Crippen LogP contribution < -0.4 is 0 Å². The van der Waals surface area contributed by atoms with E-state index < -0.39 is 24.6 Å². The highest BCUT2D eigenvalue weighted by atomic mass is 19.4. The molecule has 1 aliphatic rings. The van der Waals surface area contributed by atoms with Crippen LogP contribution in [0.5, 0.6) is 0 Å². The van der Waals surface area contributed by atoms with E-state index in [1.165, 1.54) is 4.90 Å². The zero-order valence-corrected chi connectivity index (χ0v) is 11.8. The topological polar surface area (TPSA) is 40.5 Å². The normalized spacial score (nSPS) is 18.6. The van der Waals surface area contributed by atoms with Gasteiger partial charge in [0.05, 0.1) is 0 Å². The second-order valence-corrected chi connectivity index (χ2v) is 5.33. The lowest BCUT2D eigenvalue weighted by Gasteiger charge is -2.39. The molecular weight excluding hydrogens is 283 g/mol. The largest absolute Gasteiger partial charge is 0.417 e. The number of halogens is 3. The van der Waals surface area contributed by atoms with Crippen LogP contribution in [0.4, 0.5) is 13.2 Å². The summed E-state index contributed by atoms with van der Waals surface area (Å²) in [6, 6.07) is 7.09. The second kappa shape index (κ2) is 5.67. The molecule has 1 aliphatic heterocycles. The van der Waals surface area contributed by atoms with Crippen LogP contribution in [0.3, 0.4) is 0 Å². The van der Waals surface area contributed by atoms with Gasteiger partial charge in [0.2, 0.25) is 0 Å². The Labute approximate surface area is 121 Å². The van der Waals surface area contributed by atoms with Gasteiger partial charge in [-0.15, -0.1) is 0 Å². The molecule has 3 nitrogen and oxygen atoms in total. The average molecular weight is 301 g/mol. The number of carbonyl (C=O) groups is 1. The number of piperidine rings is 1.